The largest absolute Gasteiger partial charge is 0.416 e. The number of nitrogens with two attached hydrogens (primary N) is 1. The number of rotatable bonds is 3. The number of halogens is 3. The molecular weight excluding hydrogens is 275 g/mol. The Kier molecular flexibility index (Phi) is 3.96. The van der Waals surface area contributed by atoms with Gasteiger partial charge in [0.05, 0.1) is 10.5 Å². The van der Waals surface area contributed by atoms with Crippen LogP contribution in [-0.4, -0.2) is 29.0 Å². The SMILES string of the molecule is NC1CCN(Cc2ccc([N+](=O)[O-])cc2C(F)(F)F)C1. The molecule has 1 aliphatic heterocycles. The molecule has 110 valence electrons. The molecule has 1 aromatic rings. The van der Waals surface area contributed by atoms with E-state index < -0.39 is 22.4 Å². The minimum absolute atomic E-state index is 0.0256. The predicted octanol–water partition coefficient (Wildman–Crippen LogP) is 2.15. The molecule has 0 aromatic heterocycles. The van der Waals surface area contributed by atoms with Crippen molar-refractivity contribution in [2.45, 2.75) is 25.2 Å². The lowest BCUT2D eigenvalue weighted by Gasteiger charge is -2.19. The Morgan fingerprint density at radius 2 is 2.15 bits per heavy atom. The Labute approximate surface area is 113 Å². The number of nitrogens with zero attached hydrogens (tertiary/aromatic N) is 2. The van der Waals surface area contributed by atoms with Gasteiger partial charge in [-0.05, 0) is 12.0 Å². The van der Waals surface area contributed by atoms with E-state index in [0.717, 1.165) is 12.5 Å². The fourth-order valence-electron chi connectivity index (χ4n) is 2.33. The van der Waals surface area contributed by atoms with Crippen molar-refractivity contribution in [1.82, 2.24) is 4.90 Å². The number of hydrogen-bond acceptors (Lipinski definition) is 4. The normalized spacial score (nSPS) is 20.3. The molecule has 5 nitrogen and oxygen atoms in total. The summed E-state index contributed by atoms with van der Waals surface area (Å²) >= 11 is 0. The molecule has 0 saturated carbocycles. The minimum Gasteiger partial charge on any atom is -0.326 e. The number of non-ortho nitro benzene ring substituents is 1. The molecule has 0 amide bonds. The van der Waals surface area contributed by atoms with Crippen molar-refractivity contribution in [2.24, 2.45) is 5.73 Å². The molecular formula is C12H14F3N3O2. The van der Waals surface area contributed by atoms with Crippen molar-refractivity contribution in [1.29, 1.82) is 0 Å². The maximum Gasteiger partial charge on any atom is 0.416 e. The van der Waals surface area contributed by atoms with E-state index in [1.807, 2.05) is 4.90 Å². The molecule has 1 atom stereocenters. The summed E-state index contributed by atoms with van der Waals surface area (Å²) in [4.78, 5) is 11.6. The first-order valence-corrected chi connectivity index (χ1v) is 6.10. The molecule has 1 unspecified atom stereocenters. The van der Waals surface area contributed by atoms with Gasteiger partial charge in [-0.3, -0.25) is 15.0 Å². The number of nitro groups is 1. The van der Waals surface area contributed by atoms with Crippen LogP contribution in [0.5, 0.6) is 0 Å². The zero-order chi connectivity index (χ0) is 14.9. The maximum absolute atomic E-state index is 13.0. The van der Waals surface area contributed by atoms with Crippen LogP contribution in [0.25, 0.3) is 0 Å². The van der Waals surface area contributed by atoms with Crippen molar-refractivity contribution >= 4 is 5.69 Å². The fraction of sp³-hybridized carbons (Fsp3) is 0.500. The molecule has 0 bridgehead atoms. The van der Waals surface area contributed by atoms with Crippen LogP contribution >= 0.6 is 0 Å². The Hall–Kier alpha value is -1.67. The molecule has 0 radical (unpaired) electrons. The molecule has 1 aliphatic rings. The minimum atomic E-state index is -4.61. The second kappa shape index (κ2) is 5.37. The lowest BCUT2D eigenvalue weighted by Crippen LogP contribution is -2.27. The average Bonchev–Trinajstić information content (AvgIpc) is 2.73. The number of alkyl halides is 3. The third-order valence-electron chi connectivity index (χ3n) is 3.31. The van der Waals surface area contributed by atoms with Crippen LogP contribution in [0.3, 0.4) is 0 Å². The smallest absolute Gasteiger partial charge is 0.326 e. The number of hydrogen-bond donors (Lipinski definition) is 1. The van der Waals surface area contributed by atoms with E-state index in [-0.39, 0.29) is 18.2 Å². The van der Waals surface area contributed by atoms with Gasteiger partial charge in [-0.1, -0.05) is 6.07 Å². The van der Waals surface area contributed by atoms with E-state index in [9.17, 15) is 23.3 Å². The highest BCUT2D eigenvalue weighted by atomic mass is 19.4. The number of likely N-dealkylation sites (tertiary alicyclic amines) is 1. The van der Waals surface area contributed by atoms with Gasteiger partial charge in [0.15, 0.2) is 0 Å². The first-order chi connectivity index (χ1) is 9.27. The molecule has 1 saturated heterocycles. The highest BCUT2D eigenvalue weighted by molar-refractivity contribution is 5.41. The van der Waals surface area contributed by atoms with E-state index >= 15 is 0 Å². The van der Waals surface area contributed by atoms with Gasteiger partial charge in [0.25, 0.3) is 5.69 Å². The summed E-state index contributed by atoms with van der Waals surface area (Å²) < 4.78 is 38.9. The summed E-state index contributed by atoms with van der Waals surface area (Å²) in [5.41, 5.74) is 4.24. The van der Waals surface area contributed by atoms with Crippen LogP contribution in [0, 0.1) is 10.1 Å². The zero-order valence-electron chi connectivity index (χ0n) is 10.6. The third kappa shape index (κ3) is 3.26. The monoisotopic (exact) mass is 289 g/mol. The fourth-order valence-corrected chi connectivity index (χ4v) is 2.33. The van der Waals surface area contributed by atoms with Crippen LogP contribution in [0.2, 0.25) is 0 Å². The quantitative estimate of drug-likeness (QED) is 0.683. The van der Waals surface area contributed by atoms with Crippen LogP contribution in [0.1, 0.15) is 17.5 Å². The van der Waals surface area contributed by atoms with Crippen LogP contribution < -0.4 is 5.73 Å². The van der Waals surface area contributed by atoms with Gasteiger partial charge in [-0.15, -0.1) is 0 Å². The van der Waals surface area contributed by atoms with Crippen molar-refractivity contribution in [3.05, 3.63) is 39.4 Å². The highest BCUT2D eigenvalue weighted by Gasteiger charge is 2.35. The van der Waals surface area contributed by atoms with E-state index in [0.29, 0.717) is 19.2 Å². The Morgan fingerprint density at radius 3 is 2.65 bits per heavy atom. The summed E-state index contributed by atoms with van der Waals surface area (Å²) in [5, 5.41) is 10.6. The zero-order valence-corrected chi connectivity index (χ0v) is 10.6. The summed E-state index contributed by atoms with van der Waals surface area (Å²) in [6, 6.07) is 2.83. The second-order valence-corrected chi connectivity index (χ2v) is 4.88. The van der Waals surface area contributed by atoms with Crippen molar-refractivity contribution in [3.8, 4) is 0 Å². The van der Waals surface area contributed by atoms with Gasteiger partial charge in [-0.2, -0.15) is 13.2 Å². The maximum atomic E-state index is 13.0. The Morgan fingerprint density at radius 1 is 1.45 bits per heavy atom. The van der Waals surface area contributed by atoms with Gasteiger partial charge < -0.3 is 5.73 Å². The third-order valence-corrected chi connectivity index (χ3v) is 3.31. The Balaban J connectivity index is 2.29. The Bertz CT molecular complexity index is 519. The molecule has 0 aliphatic carbocycles. The summed E-state index contributed by atoms with van der Waals surface area (Å²) in [6.07, 6.45) is -3.86. The topological polar surface area (TPSA) is 72.4 Å². The van der Waals surface area contributed by atoms with Gasteiger partial charge in [0.2, 0.25) is 0 Å². The summed E-state index contributed by atoms with van der Waals surface area (Å²) in [6.45, 7) is 1.27. The first-order valence-electron chi connectivity index (χ1n) is 6.10. The number of benzene rings is 1. The summed E-state index contributed by atoms with van der Waals surface area (Å²) in [7, 11) is 0. The van der Waals surface area contributed by atoms with Gasteiger partial charge >= 0.3 is 6.18 Å². The first kappa shape index (κ1) is 14.7. The van der Waals surface area contributed by atoms with Crippen LogP contribution in [0.4, 0.5) is 18.9 Å². The van der Waals surface area contributed by atoms with Gasteiger partial charge in [0, 0.05) is 37.8 Å². The molecule has 2 rings (SSSR count). The van der Waals surface area contributed by atoms with E-state index in [1.54, 1.807) is 0 Å². The van der Waals surface area contributed by atoms with Crippen molar-refractivity contribution < 1.29 is 18.1 Å². The highest BCUT2D eigenvalue weighted by Crippen LogP contribution is 2.35. The summed E-state index contributed by atoms with van der Waals surface area (Å²) in [5.74, 6) is 0. The number of nitro benzene ring substituents is 1. The standard InChI is InChI=1S/C12H14F3N3O2/c13-12(14,15)11-5-10(18(19)20)2-1-8(11)6-17-4-3-9(16)7-17/h1-2,5,9H,3-4,6-7,16H2. The predicted molar refractivity (Wildman–Crippen MR) is 66.0 cm³/mol. The molecule has 2 N–H and O–H groups in total. The van der Waals surface area contributed by atoms with Gasteiger partial charge in [-0.25, -0.2) is 0 Å². The molecule has 0 spiro atoms. The second-order valence-electron chi connectivity index (χ2n) is 4.88. The van der Waals surface area contributed by atoms with Crippen LogP contribution in [0.15, 0.2) is 18.2 Å². The lowest BCUT2D eigenvalue weighted by molar-refractivity contribution is -0.385. The van der Waals surface area contributed by atoms with Crippen molar-refractivity contribution in [2.75, 3.05) is 13.1 Å². The van der Waals surface area contributed by atoms with Crippen LogP contribution in [-0.2, 0) is 12.7 Å². The van der Waals surface area contributed by atoms with E-state index in [4.69, 9.17) is 5.73 Å². The molecule has 1 fully saturated rings. The van der Waals surface area contributed by atoms with Gasteiger partial charge in [0.1, 0.15) is 0 Å². The molecule has 20 heavy (non-hydrogen) atoms. The van der Waals surface area contributed by atoms with E-state index in [2.05, 4.69) is 0 Å². The molecule has 1 heterocycles. The average molecular weight is 289 g/mol. The van der Waals surface area contributed by atoms with Crippen molar-refractivity contribution in [3.63, 3.8) is 0 Å². The molecule has 1 aromatic carbocycles. The lowest BCUT2D eigenvalue weighted by atomic mass is 10.1. The molecule has 8 heteroatoms. The van der Waals surface area contributed by atoms with E-state index in [1.165, 1.54) is 6.07 Å².